The summed E-state index contributed by atoms with van der Waals surface area (Å²) in [4.78, 5) is 41.4. The van der Waals surface area contributed by atoms with E-state index in [1.54, 1.807) is 35.7 Å². The number of carbonyl (C=O) groups is 3. The molecule has 3 rings (SSSR count). The number of amides is 3. The highest BCUT2D eigenvalue weighted by Crippen LogP contribution is 2.30. The number of benzene rings is 2. The summed E-state index contributed by atoms with van der Waals surface area (Å²) in [6, 6.07) is 15.1. The van der Waals surface area contributed by atoms with Gasteiger partial charge >= 0.3 is 0 Å². The van der Waals surface area contributed by atoms with Gasteiger partial charge < -0.3 is 10.6 Å². The molecular weight excluding hydrogens is 465 g/mol. The van der Waals surface area contributed by atoms with Crippen LogP contribution in [-0.4, -0.2) is 29.8 Å². The van der Waals surface area contributed by atoms with Crippen molar-refractivity contribution in [2.24, 2.45) is 0 Å². The van der Waals surface area contributed by atoms with Crippen LogP contribution in [-0.2, 0) is 9.59 Å². The van der Waals surface area contributed by atoms with E-state index in [2.05, 4.69) is 10.6 Å². The molecule has 0 saturated carbocycles. The first kappa shape index (κ1) is 26.1. The van der Waals surface area contributed by atoms with Crippen molar-refractivity contribution in [1.82, 2.24) is 10.6 Å². The summed E-state index contributed by atoms with van der Waals surface area (Å²) < 4.78 is 14.2. The maximum atomic E-state index is 14.2. The van der Waals surface area contributed by atoms with Crippen LogP contribution in [0, 0.1) is 12.7 Å². The lowest BCUT2D eigenvalue weighted by Crippen LogP contribution is -2.52. The highest BCUT2D eigenvalue weighted by molar-refractivity contribution is 7.12. The van der Waals surface area contributed by atoms with Crippen molar-refractivity contribution in [3.8, 4) is 0 Å². The van der Waals surface area contributed by atoms with Crippen molar-refractivity contribution in [3.05, 3.63) is 87.9 Å². The minimum atomic E-state index is -1.07. The van der Waals surface area contributed by atoms with E-state index < -0.39 is 35.1 Å². The Hall–Kier alpha value is -3.52. The van der Waals surface area contributed by atoms with Crippen molar-refractivity contribution in [2.75, 3.05) is 11.4 Å². The molecule has 0 spiro atoms. The van der Waals surface area contributed by atoms with Crippen molar-refractivity contribution in [1.29, 1.82) is 0 Å². The summed E-state index contributed by atoms with van der Waals surface area (Å²) >= 11 is 1.26. The van der Waals surface area contributed by atoms with Crippen LogP contribution >= 0.6 is 11.3 Å². The highest BCUT2D eigenvalue weighted by atomic mass is 32.1. The zero-order chi connectivity index (χ0) is 25.6. The third kappa shape index (κ3) is 6.76. The van der Waals surface area contributed by atoms with Crippen LogP contribution in [0.3, 0.4) is 0 Å². The zero-order valence-corrected chi connectivity index (χ0v) is 21.1. The molecule has 35 heavy (non-hydrogen) atoms. The van der Waals surface area contributed by atoms with Crippen LogP contribution in [0.15, 0.2) is 66.0 Å². The number of halogens is 1. The number of aryl methyl sites for hydroxylation is 1. The summed E-state index contributed by atoms with van der Waals surface area (Å²) in [5.41, 5.74) is 1.26. The van der Waals surface area contributed by atoms with E-state index in [9.17, 15) is 18.8 Å². The minimum Gasteiger partial charge on any atom is -0.349 e. The van der Waals surface area contributed by atoms with Crippen LogP contribution in [0.5, 0.6) is 0 Å². The summed E-state index contributed by atoms with van der Waals surface area (Å²) in [5.74, 6) is -1.88. The smallest absolute Gasteiger partial charge is 0.261 e. The van der Waals surface area contributed by atoms with Crippen molar-refractivity contribution < 1.29 is 18.8 Å². The number of nitrogens with zero attached hydrogens (tertiary/aromatic N) is 1. The molecule has 0 aliphatic heterocycles. The first-order valence-corrected chi connectivity index (χ1v) is 12.3. The molecule has 1 heterocycles. The number of hydrogen-bond acceptors (Lipinski definition) is 4. The third-order valence-corrected chi connectivity index (χ3v) is 6.61. The molecule has 1 atom stereocenters. The van der Waals surface area contributed by atoms with Gasteiger partial charge in [0.15, 0.2) is 0 Å². The maximum Gasteiger partial charge on any atom is 0.261 e. The highest BCUT2D eigenvalue weighted by Gasteiger charge is 2.35. The Labute approximate surface area is 209 Å². The molecule has 0 radical (unpaired) electrons. The van der Waals surface area contributed by atoms with Gasteiger partial charge in [0, 0.05) is 11.2 Å². The van der Waals surface area contributed by atoms with E-state index in [0.717, 1.165) is 5.56 Å². The summed E-state index contributed by atoms with van der Waals surface area (Å²) in [5, 5.41) is 7.40. The SMILES string of the molecule is CCC(C)(C)NC(=O)[C@H](c1ccc(C)cc1)N(C(=O)CNC(=O)c1cccs1)c1cccc(F)c1. The molecule has 184 valence electrons. The Morgan fingerprint density at radius 2 is 1.77 bits per heavy atom. The molecule has 2 aromatic carbocycles. The lowest BCUT2D eigenvalue weighted by Gasteiger charge is -2.34. The van der Waals surface area contributed by atoms with Gasteiger partial charge in [0.25, 0.3) is 5.91 Å². The first-order valence-electron chi connectivity index (χ1n) is 11.4. The predicted molar refractivity (Wildman–Crippen MR) is 137 cm³/mol. The van der Waals surface area contributed by atoms with Crippen molar-refractivity contribution >= 4 is 34.7 Å². The Kier molecular flexibility index (Phi) is 8.40. The van der Waals surface area contributed by atoms with E-state index >= 15 is 0 Å². The molecule has 0 aliphatic rings. The van der Waals surface area contributed by atoms with Gasteiger partial charge in [-0.05, 0) is 62.4 Å². The standard InChI is InChI=1S/C27H30FN3O3S/c1-5-27(3,4)30-26(34)24(19-13-11-18(2)12-14-19)31(21-9-6-8-20(28)16-21)23(32)17-29-25(33)22-10-7-15-35-22/h6-16,24H,5,17H2,1-4H3,(H,29,33)(H,30,34)/t24-/m0/s1. The lowest BCUT2D eigenvalue weighted by molar-refractivity contribution is -0.127. The topological polar surface area (TPSA) is 78.5 Å². The third-order valence-electron chi connectivity index (χ3n) is 5.75. The van der Waals surface area contributed by atoms with Crippen LogP contribution in [0.4, 0.5) is 10.1 Å². The lowest BCUT2D eigenvalue weighted by atomic mass is 9.97. The monoisotopic (exact) mass is 495 g/mol. The quantitative estimate of drug-likeness (QED) is 0.438. The average molecular weight is 496 g/mol. The molecule has 0 unspecified atom stereocenters. The first-order chi connectivity index (χ1) is 16.6. The van der Waals surface area contributed by atoms with Crippen LogP contribution < -0.4 is 15.5 Å². The Morgan fingerprint density at radius 1 is 1.06 bits per heavy atom. The number of anilines is 1. The van der Waals surface area contributed by atoms with Crippen molar-refractivity contribution in [2.45, 2.75) is 45.7 Å². The second kappa shape index (κ2) is 11.3. The molecule has 8 heteroatoms. The van der Waals surface area contributed by atoms with Gasteiger partial charge in [-0.15, -0.1) is 11.3 Å². The number of rotatable bonds is 9. The average Bonchev–Trinajstić information content (AvgIpc) is 3.36. The van der Waals surface area contributed by atoms with E-state index in [1.807, 2.05) is 39.8 Å². The normalized spacial score (nSPS) is 12.0. The van der Waals surface area contributed by atoms with E-state index in [-0.39, 0.29) is 12.2 Å². The molecule has 6 nitrogen and oxygen atoms in total. The second-order valence-corrected chi connectivity index (χ2v) is 9.89. The Bertz CT molecular complexity index is 1180. The van der Waals surface area contributed by atoms with Crippen LogP contribution in [0.25, 0.3) is 0 Å². The van der Waals surface area contributed by atoms with Gasteiger partial charge in [-0.25, -0.2) is 4.39 Å². The zero-order valence-electron chi connectivity index (χ0n) is 20.3. The van der Waals surface area contributed by atoms with Gasteiger partial charge in [0.1, 0.15) is 11.9 Å². The molecule has 0 fully saturated rings. The van der Waals surface area contributed by atoms with E-state index in [0.29, 0.717) is 16.9 Å². The van der Waals surface area contributed by atoms with Gasteiger partial charge in [0.05, 0.1) is 11.4 Å². The largest absolute Gasteiger partial charge is 0.349 e. The van der Waals surface area contributed by atoms with Gasteiger partial charge in [0.2, 0.25) is 11.8 Å². The molecular formula is C27H30FN3O3S. The maximum absolute atomic E-state index is 14.2. The number of nitrogens with one attached hydrogen (secondary N) is 2. The fourth-order valence-electron chi connectivity index (χ4n) is 3.46. The molecule has 1 aromatic heterocycles. The fourth-order valence-corrected chi connectivity index (χ4v) is 4.10. The summed E-state index contributed by atoms with van der Waals surface area (Å²) in [7, 11) is 0. The molecule has 2 N–H and O–H groups in total. The number of hydrogen-bond donors (Lipinski definition) is 2. The van der Waals surface area contributed by atoms with E-state index in [4.69, 9.17) is 0 Å². The van der Waals surface area contributed by atoms with Crippen LogP contribution in [0.2, 0.25) is 0 Å². The molecule has 3 aromatic rings. The Morgan fingerprint density at radius 3 is 2.37 bits per heavy atom. The van der Waals surface area contributed by atoms with Crippen LogP contribution in [0.1, 0.15) is 54.0 Å². The fraction of sp³-hybridized carbons (Fsp3) is 0.296. The molecule has 0 aliphatic carbocycles. The molecule has 0 bridgehead atoms. The summed E-state index contributed by atoms with van der Waals surface area (Å²) in [6.45, 7) is 7.31. The van der Waals surface area contributed by atoms with Gasteiger partial charge in [-0.2, -0.15) is 0 Å². The summed E-state index contributed by atoms with van der Waals surface area (Å²) in [6.07, 6.45) is 0.671. The minimum absolute atomic E-state index is 0.218. The predicted octanol–water partition coefficient (Wildman–Crippen LogP) is 5.00. The molecule has 0 saturated heterocycles. The Balaban J connectivity index is 2.03. The van der Waals surface area contributed by atoms with Crippen molar-refractivity contribution in [3.63, 3.8) is 0 Å². The number of carbonyl (C=O) groups excluding carboxylic acids is 3. The van der Waals surface area contributed by atoms with Gasteiger partial charge in [-0.3, -0.25) is 19.3 Å². The number of thiophene rings is 1. The second-order valence-electron chi connectivity index (χ2n) is 8.94. The molecule has 3 amide bonds. The van der Waals surface area contributed by atoms with E-state index in [1.165, 1.54) is 34.4 Å². The van der Waals surface area contributed by atoms with Gasteiger partial charge in [-0.1, -0.05) is 48.9 Å².